The molecule has 1 aliphatic rings. The van der Waals surface area contributed by atoms with Gasteiger partial charge in [0.2, 0.25) is 21.8 Å². The molecule has 2 N–H and O–H groups in total. The van der Waals surface area contributed by atoms with Crippen molar-refractivity contribution < 1.29 is 18.0 Å². The van der Waals surface area contributed by atoms with Crippen molar-refractivity contribution in [2.45, 2.75) is 0 Å². The zero-order valence-electron chi connectivity index (χ0n) is 12.0. The van der Waals surface area contributed by atoms with Crippen LogP contribution in [0.25, 0.3) is 0 Å². The fourth-order valence-corrected chi connectivity index (χ4v) is 2.46. The molecule has 1 saturated heterocycles. The molecule has 1 heterocycles. The van der Waals surface area contributed by atoms with E-state index in [9.17, 15) is 18.0 Å². The molecule has 0 bridgehead atoms. The molecule has 0 aromatic heterocycles. The molecule has 9 heteroatoms. The molecule has 0 spiro atoms. The van der Waals surface area contributed by atoms with Gasteiger partial charge in [-0.25, -0.2) is 13.1 Å². The molecular formula is C11H22N4O4S. The Bertz CT molecular complexity index is 465. The SMILES string of the molecule is CNC(=O)C1CN(C)CCN(C(=O)CNS(C)(=O)=O)C1. The summed E-state index contributed by atoms with van der Waals surface area (Å²) in [4.78, 5) is 27.3. The van der Waals surface area contributed by atoms with Gasteiger partial charge < -0.3 is 15.1 Å². The van der Waals surface area contributed by atoms with E-state index in [0.29, 0.717) is 26.2 Å². The minimum atomic E-state index is -3.40. The lowest BCUT2D eigenvalue weighted by molar-refractivity contribution is -0.131. The van der Waals surface area contributed by atoms with Crippen LogP contribution in [0.1, 0.15) is 0 Å². The summed E-state index contributed by atoms with van der Waals surface area (Å²) in [7, 11) is 0.0482. The molecule has 20 heavy (non-hydrogen) atoms. The smallest absolute Gasteiger partial charge is 0.237 e. The van der Waals surface area contributed by atoms with Crippen LogP contribution in [-0.2, 0) is 19.6 Å². The van der Waals surface area contributed by atoms with Gasteiger partial charge in [0.25, 0.3) is 0 Å². The summed E-state index contributed by atoms with van der Waals surface area (Å²) in [5, 5.41) is 2.58. The maximum Gasteiger partial charge on any atom is 0.237 e. The van der Waals surface area contributed by atoms with Crippen LogP contribution in [0.3, 0.4) is 0 Å². The van der Waals surface area contributed by atoms with E-state index >= 15 is 0 Å². The first-order valence-electron chi connectivity index (χ1n) is 6.35. The number of likely N-dealkylation sites (N-methyl/N-ethyl adjacent to an activating group) is 1. The molecule has 1 atom stereocenters. The highest BCUT2D eigenvalue weighted by Gasteiger charge is 2.28. The zero-order valence-corrected chi connectivity index (χ0v) is 12.9. The lowest BCUT2D eigenvalue weighted by Crippen LogP contribution is -2.45. The Kier molecular flexibility index (Phi) is 5.90. The molecular weight excluding hydrogens is 284 g/mol. The number of hydrogen-bond acceptors (Lipinski definition) is 5. The van der Waals surface area contributed by atoms with Crippen LogP contribution in [0.15, 0.2) is 0 Å². The van der Waals surface area contributed by atoms with Gasteiger partial charge in [-0.3, -0.25) is 9.59 Å². The first-order chi connectivity index (χ1) is 9.23. The predicted molar refractivity (Wildman–Crippen MR) is 74.5 cm³/mol. The quantitative estimate of drug-likeness (QED) is 0.607. The summed E-state index contributed by atoms with van der Waals surface area (Å²) in [6.45, 7) is 1.73. The molecule has 0 aliphatic carbocycles. The summed E-state index contributed by atoms with van der Waals surface area (Å²) in [5.41, 5.74) is 0. The fraction of sp³-hybridized carbons (Fsp3) is 0.818. The van der Waals surface area contributed by atoms with Gasteiger partial charge in [0.15, 0.2) is 0 Å². The van der Waals surface area contributed by atoms with Gasteiger partial charge in [-0.15, -0.1) is 0 Å². The van der Waals surface area contributed by atoms with Gasteiger partial charge in [-0.1, -0.05) is 0 Å². The molecule has 0 aromatic rings. The van der Waals surface area contributed by atoms with Gasteiger partial charge in [0.05, 0.1) is 18.7 Å². The predicted octanol–water partition coefficient (Wildman–Crippen LogP) is -2.33. The number of amides is 2. The van der Waals surface area contributed by atoms with Crippen LogP contribution in [0, 0.1) is 5.92 Å². The van der Waals surface area contributed by atoms with Crippen molar-refractivity contribution in [2.75, 3.05) is 53.1 Å². The van der Waals surface area contributed by atoms with Crippen molar-refractivity contribution in [1.29, 1.82) is 0 Å². The molecule has 8 nitrogen and oxygen atoms in total. The van der Waals surface area contributed by atoms with Crippen molar-refractivity contribution in [2.24, 2.45) is 5.92 Å². The Morgan fingerprint density at radius 2 is 1.90 bits per heavy atom. The molecule has 2 amide bonds. The maximum absolute atomic E-state index is 12.0. The summed E-state index contributed by atoms with van der Waals surface area (Å²) < 4.78 is 24.2. The second-order valence-corrected chi connectivity index (χ2v) is 6.84. The van der Waals surface area contributed by atoms with Crippen LogP contribution in [0.5, 0.6) is 0 Å². The molecule has 1 fully saturated rings. The Balaban J connectivity index is 2.68. The van der Waals surface area contributed by atoms with Gasteiger partial charge in [-0.05, 0) is 7.05 Å². The fourth-order valence-electron chi connectivity index (χ4n) is 2.08. The van der Waals surface area contributed by atoms with Crippen LogP contribution in [-0.4, -0.2) is 83.1 Å². The van der Waals surface area contributed by atoms with Crippen LogP contribution < -0.4 is 10.0 Å². The topological polar surface area (TPSA) is 98.8 Å². The first-order valence-corrected chi connectivity index (χ1v) is 8.24. The minimum Gasteiger partial charge on any atom is -0.359 e. The molecule has 116 valence electrons. The normalized spacial score (nSPS) is 21.4. The molecule has 1 rings (SSSR count). The van der Waals surface area contributed by atoms with E-state index in [4.69, 9.17) is 0 Å². The molecule has 0 aromatic carbocycles. The van der Waals surface area contributed by atoms with E-state index in [1.807, 2.05) is 11.9 Å². The highest BCUT2D eigenvalue weighted by atomic mass is 32.2. The van der Waals surface area contributed by atoms with Crippen molar-refractivity contribution in [3.63, 3.8) is 0 Å². The molecule has 0 radical (unpaired) electrons. The summed E-state index contributed by atoms with van der Waals surface area (Å²) >= 11 is 0. The highest BCUT2D eigenvalue weighted by Crippen LogP contribution is 2.09. The number of carbonyl (C=O) groups excluding carboxylic acids is 2. The van der Waals surface area contributed by atoms with Crippen molar-refractivity contribution in [3.8, 4) is 0 Å². The Hall–Kier alpha value is -1.19. The lowest BCUT2D eigenvalue weighted by atomic mass is 10.1. The summed E-state index contributed by atoms with van der Waals surface area (Å²) in [6.07, 6.45) is 1.00. The van der Waals surface area contributed by atoms with Crippen LogP contribution in [0.2, 0.25) is 0 Å². The Morgan fingerprint density at radius 3 is 2.45 bits per heavy atom. The zero-order chi connectivity index (χ0) is 15.3. The van der Waals surface area contributed by atoms with Gasteiger partial charge in [0, 0.05) is 33.2 Å². The molecule has 0 saturated carbocycles. The van der Waals surface area contributed by atoms with Crippen molar-refractivity contribution >= 4 is 21.8 Å². The second kappa shape index (κ2) is 7.00. The maximum atomic E-state index is 12.0. The standard InChI is InChI=1S/C11H22N4O4S/c1-12-11(17)9-7-14(2)4-5-15(8-9)10(16)6-13-20(3,18)19/h9,13H,4-8H2,1-3H3,(H,12,17). The van der Waals surface area contributed by atoms with E-state index in [-0.39, 0.29) is 24.3 Å². The van der Waals surface area contributed by atoms with Gasteiger partial charge in [0.1, 0.15) is 0 Å². The lowest BCUT2D eigenvalue weighted by Gasteiger charge is -2.23. The van der Waals surface area contributed by atoms with Gasteiger partial charge >= 0.3 is 0 Å². The first kappa shape index (κ1) is 16.9. The molecule has 1 unspecified atom stereocenters. The number of nitrogens with one attached hydrogen (secondary N) is 2. The van der Waals surface area contributed by atoms with E-state index in [0.717, 1.165) is 6.26 Å². The second-order valence-electron chi connectivity index (χ2n) is 5.01. The van der Waals surface area contributed by atoms with E-state index < -0.39 is 10.0 Å². The van der Waals surface area contributed by atoms with E-state index in [1.54, 1.807) is 7.05 Å². The number of hydrogen-bond donors (Lipinski definition) is 2. The van der Waals surface area contributed by atoms with Gasteiger partial charge in [-0.2, -0.15) is 0 Å². The Morgan fingerprint density at radius 1 is 1.25 bits per heavy atom. The van der Waals surface area contributed by atoms with E-state index in [2.05, 4.69) is 10.0 Å². The largest absolute Gasteiger partial charge is 0.359 e. The summed E-state index contributed by atoms with van der Waals surface area (Å²) in [6, 6.07) is 0. The number of sulfonamides is 1. The van der Waals surface area contributed by atoms with Crippen LogP contribution in [0.4, 0.5) is 0 Å². The molecule has 1 aliphatic heterocycles. The average Bonchev–Trinajstić information content (AvgIpc) is 2.56. The van der Waals surface area contributed by atoms with E-state index in [1.165, 1.54) is 4.90 Å². The number of carbonyl (C=O) groups is 2. The third kappa shape index (κ3) is 5.43. The van der Waals surface area contributed by atoms with Crippen molar-refractivity contribution in [3.05, 3.63) is 0 Å². The third-order valence-electron chi connectivity index (χ3n) is 3.18. The monoisotopic (exact) mass is 306 g/mol. The number of rotatable bonds is 4. The van der Waals surface area contributed by atoms with Crippen LogP contribution >= 0.6 is 0 Å². The average molecular weight is 306 g/mol. The minimum absolute atomic E-state index is 0.118. The Labute approximate surface area is 119 Å². The van der Waals surface area contributed by atoms with Crippen molar-refractivity contribution in [1.82, 2.24) is 19.8 Å². The number of nitrogens with zero attached hydrogens (tertiary/aromatic N) is 2. The summed E-state index contributed by atoms with van der Waals surface area (Å²) in [5.74, 6) is -0.748. The third-order valence-corrected chi connectivity index (χ3v) is 3.85. The highest BCUT2D eigenvalue weighted by molar-refractivity contribution is 7.88.